The molecule has 10 aromatic rings. The van der Waals surface area contributed by atoms with Crippen LogP contribution in [0.2, 0.25) is 0 Å². The van der Waals surface area contributed by atoms with Gasteiger partial charge in [0.05, 0.1) is 27.1 Å². The summed E-state index contributed by atoms with van der Waals surface area (Å²) in [7, 11) is 0. The Morgan fingerprint density at radius 3 is 2.13 bits per heavy atom. The van der Waals surface area contributed by atoms with E-state index in [2.05, 4.69) is 133 Å². The van der Waals surface area contributed by atoms with Crippen LogP contribution in [-0.4, -0.2) is 15.0 Å². The maximum Gasteiger partial charge on any atom is 0.160 e. The number of nitrogens with zero attached hydrogens (tertiary/aromatic N) is 3. The van der Waals surface area contributed by atoms with E-state index < -0.39 is 0 Å². The van der Waals surface area contributed by atoms with Crippen molar-refractivity contribution < 1.29 is 0 Å². The Bertz CT molecular complexity index is 3060. The van der Waals surface area contributed by atoms with Crippen molar-refractivity contribution >= 4 is 80.8 Å². The van der Waals surface area contributed by atoms with Crippen LogP contribution in [-0.2, 0) is 6.42 Å². The van der Waals surface area contributed by atoms with Crippen LogP contribution in [0.1, 0.15) is 16.9 Å². The maximum atomic E-state index is 5.43. The van der Waals surface area contributed by atoms with E-state index in [-0.39, 0.29) is 0 Å². The lowest BCUT2D eigenvalue weighted by atomic mass is 9.95. The van der Waals surface area contributed by atoms with Crippen LogP contribution in [0.25, 0.3) is 103 Å². The van der Waals surface area contributed by atoms with Crippen LogP contribution in [0.15, 0.2) is 146 Å². The third-order valence-corrected chi connectivity index (χ3v) is 12.8. The third kappa shape index (κ3) is 4.74. The third-order valence-electron chi connectivity index (χ3n) is 10.3. The molecule has 1 aliphatic carbocycles. The first-order valence-electron chi connectivity index (χ1n) is 17.7. The summed E-state index contributed by atoms with van der Waals surface area (Å²) in [6.07, 6.45) is 6.81. The van der Waals surface area contributed by atoms with E-state index in [1.54, 1.807) is 11.3 Å². The first-order valence-corrected chi connectivity index (χ1v) is 19.3. The molecule has 0 saturated heterocycles. The summed E-state index contributed by atoms with van der Waals surface area (Å²) < 4.78 is 3.67. The molecule has 0 amide bonds. The highest BCUT2D eigenvalue weighted by atomic mass is 32.1. The first-order chi connectivity index (χ1) is 25.7. The lowest BCUT2D eigenvalue weighted by Gasteiger charge is -2.12. The Labute approximate surface area is 308 Å². The number of aromatic nitrogens is 3. The number of thiophene rings is 2. The fourth-order valence-electron chi connectivity index (χ4n) is 7.75. The van der Waals surface area contributed by atoms with Gasteiger partial charge in [0.2, 0.25) is 0 Å². The summed E-state index contributed by atoms with van der Waals surface area (Å²) >= 11 is 3.71. The van der Waals surface area contributed by atoms with Crippen LogP contribution in [0.5, 0.6) is 0 Å². The topological polar surface area (TPSA) is 38.7 Å². The van der Waals surface area contributed by atoms with E-state index in [0.29, 0.717) is 0 Å². The molecule has 5 heteroatoms. The summed E-state index contributed by atoms with van der Waals surface area (Å²) in [6.45, 7) is 0. The number of pyridine rings is 1. The van der Waals surface area contributed by atoms with Crippen molar-refractivity contribution in [2.45, 2.75) is 12.8 Å². The molecule has 0 spiro atoms. The molecule has 1 aliphatic rings. The minimum Gasteiger partial charge on any atom is -0.247 e. The van der Waals surface area contributed by atoms with Crippen molar-refractivity contribution in [3.05, 3.63) is 156 Å². The zero-order valence-electron chi connectivity index (χ0n) is 28.0. The molecule has 0 radical (unpaired) electrons. The molecule has 0 atom stereocenters. The summed E-state index contributed by atoms with van der Waals surface area (Å²) in [4.78, 5) is 17.2. The number of rotatable bonds is 4. The second-order valence-corrected chi connectivity index (χ2v) is 15.6. The summed E-state index contributed by atoms with van der Waals surface area (Å²) in [5, 5.41) is 6.16. The van der Waals surface area contributed by atoms with Gasteiger partial charge in [0.1, 0.15) is 0 Å². The maximum absolute atomic E-state index is 5.43. The Morgan fingerprint density at radius 2 is 1.25 bits per heavy atom. The number of allylic oxidation sites excluding steroid dienone is 1. The van der Waals surface area contributed by atoms with Crippen molar-refractivity contribution in [1.29, 1.82) is 0 Å². The summed E-state index contributed by atoms with van der Waals surface area (Å²) in [5.41, 5.74) is 11.0. The number of hydrogen-bond donors (Lipinski definition) is 0. The van der Waals surface area contributed by atoms with E-state index >= 15 is 0 Å². The normalized spacial score (nSPS) is 12.8. The van der Waals surface area contributed by atoms with Crippen LogP contribution >= 0.6 is 22.7 Å². The van der Waals surface area contributed by atoms with Gasteiger partial charge in [-0.05, 0) is 64.6 Å². The van der Waals surface area contributed by atoms with Crippen molar-refractivity contribution in [3.63, 3.8) is 0 Å². The molecule has 52 heavy (non-hydrogen) atoms. The summed E-state index contributed by atoms with van der Waals surface area (Å²) in [6, 6.07) is 49.8. The Morgan fingerprint density at radius 1 is 0.500 bits per heavy atom. The molecule has 4 aromatic heterocycles. The minimum atomic E-state index is 0.746. The molecule has 0 bridgehead atoms. The average Bonchev–Trinajstić information content (AvgIpc) is 3.79. The van der Waals surface area contributed by atoms with Gasteiger partial charge in [-0.15, -0.1) is 22.7 Å². The molecular weight excluding hydrogens is 671 g/mol. The number of hydrogen-bond acceptors (Lipinski definition) is 5. The van der Waals surface area contributed by atoms with Crippen molar-refractivity contribution in [1.82, 2.24) is 15.0 Å². The zero-order chi connectivity index (χ0) is 34.2. The number of aryl methyl sites for hydroxylation is 1. The quantitative estimate of drug-likeness (QED) is 0.172. The van der Waals surface area contributed by atoms with Gasteiger partial charge in [-0.3, -0.25) is 0 Å². The van der Waals surface area contributed by atoms with Gasteiger partial charge in [-0.25, -0.2) is 15.0 Å². The van der Waals surface area contributed by atoms with Crippen LogP contribution in [0, 0.1) is 0 Å². The predicted molar refractivity (Wildman–Crippen MR) is 222 cm³/mol. The van der Waals surface area contributed by atoms with E-state index in [1.807, 2.05) is 29.5 Å². The fourth-order valence-corrected chi connectivity index (χ4v) is 10.2. The van der Waals surface area contributed by atoms with Gasteiger partial charge in [0, 0.05) is 47.1 Å². The van der Waals surface area contributed by atoms with E-state index in [9.17, 15) is 0 Å². The highest BCUT2D eigenvalue weighted by molar-refractivity contribution is 7.26. The van der Waals surface area contributed by atoms with Gasteiger partial charge < -0.3 is 0 Å². The van der Waals surface area contributed by atoms with Crippen LogP contribution in [0.3, 0.4) is 0 Å². The SMILES string of the molecule is C1=Cc2c(sc3c2c(-c2cccc(-c4ccc(-c5nc(-c6ccccc6)nc6c5sc5ccccc56)cc4)c2)nc2cc4ccccc4cc23)CC1. The van der Waals surface area contributed by atoms with Gasteiger partial charge in [0.15, 0.2) is 5.82 Å². The predicted octanol–water partition coefficient (Wildman–Crippen LogP) is 13.4. The van der Waals surface area contributed by atoms with E-state index in [0.717, 1.165) is 73.6 Å². The monoisotopic (exact) mass is 699 g/mol. The first kappa shape index (κ1) is 29.7. The van der Waals surface area contributed by atoms with Crippen LogP contribution in [0.4, 0.5) is 0 Å². The number of benzene rings is 6. The second kappa shape index (κ2) is 11.8. The highest BCUT2D eigenvalue weighted by Gasteiger charge is 2.21. The lowest BCUT2D eigenvalue weighted by Crippen LogP contribution is -1.93. The molecule has 0 saturated carbocycles. The smallest absolute Gasteiger partial charge is 0.160 e. The van der Waals surface area contributed by atoms with Crippen molar-refractivity contribution in [2.75, 3.05) is 0 Å². The molecule has 0 aliphatic heterocycles. The number of fused-ring (bicyclic) bond motifs is 9. The molecule has 3 nitrogen and oxygen atoms in total. The highest BCUT2D eigenvalue weighted by Crippen LogP contribution is 2.45. The molecule has 244 valence electrons. The van der Waals surface area contributed by atoms with Crippen LogP contribution < -0.4 is 0 Å². The van der Waals surface area contributed by atoms with Crippen molar-refractivity contribution in [3.8, 4) is 45.0 Å². The van der Waals surface area contributed by atoms with Gasteiger partial charge in [-0.2, -0.15) is 0 Å². The zero-order valence-corrected chi connectivity index (χ0v) is 29.6. The molecule has 0 unspecified atom stereocenters. The largest absolute Gasteiger partial charge is 0.247 e. The lowest BCUT2D eigenvalue weighted by molar-refractivity contribution is 1.02. The second-order valence-electron chi connectivity index (χ2n) is 13.5. The molecular formula is C47H29N3S2. The minimum absolute atomic E-state index is 0.746. The molecule has 6 aromatic carbocycles. The fraction of sp³-hybridized carbons (Fsp3) is 0.0426. The van der Waals surface area contributed by atoms with Gasteiger partial charge in [0.25, 0.3) is 0 Å². The van der Waals surface area contributed by atoms with Crippen molar-refractivity contribution in [2.24, 2.45) is 0 Å². The Hall–Kier alpha value is -6.01. The molecule has 4 heterocycles. The molecule has 11 rings (SSSR count). The van der Waals surface area contributed by atoms with E-state index in [4.69, 9.17) is 15.0 Å². The van der Waals surface area contributed by atoms with Gasteiger partial charge in [-0.1, -0.05) is 127 Å². The van der Waals surface area contributed by atoms with E-state index in [1.165, 1.54) is 46.8 Å². The average molecular weight is 700 g/mol. The molecule has 0 fully saturated rings. The standard InChI is InChI=1S/C47H29N3S2/c1-2-11-30(12-3-1)47-49-43(46-44(50-47)36-18-7-9-20-40(36)52-46)29-23-21-28(22-24-29)31-15-10-16-34(25-31)42-41-35-17-6-8-19-39(35)51-45(41)37-26-32-13-4-5-14-33(32)27-38(37)48-42/h1-7,9-18,20-27H,8,19H2. The Balaban J connectivity index is 1.05. The molecule has 0 N–H and O–H groups in total. The van der Waals surface area contributed by atoms with Gasteiger partial charge >= 0.3 is 0 Å². The summed E-state index contributed by atoms with van der Waals surface area (Å²) in [5.74, 6) is 0.746. The Kier molecular flexibility index (Phi) is 6.72.